The molecule has 2 heteroatoms. The Labute approximate surface area is 112 Å². The SMILES string of the molecule is C=C1CC(C)C(OC(C)=O)(C(C)(C)C)C(CC)C1. The summed E-state index contributed by atoms with van der Waals surface area (Å²) >= 11 is 0. The lowest BCUT2D eigenvalue weighted by atomic mass is 9.56. The first kappa shape index (κ1) is 15.3. The largest absolute Gasteiger partial charge is 0.458 e. The molecule has 0 saturated heterocycles. The molecule has 1 aliphatic rings. The van der Waals surface area contributed by atoms with Gasteiger partial charge in [0, 0.05) is 24.2 Å². The monoisotopic (exact) mass is 252 g/mol. The summed E-state index contributed by atoms with van der Waals surface area (Å²) in [6, 6.07) is 0. The Morgan fingerprint density at radius 3 is 2.39 bits per heavy atom. The van der Waals surface area contributed by atoms with E-state index in [-0.39, 0.29) is 17.0 Å². The van der Waals surface area contributed by atoms with Gasteiger partial charge in [-0.3, -0.25) is 4.79 Å². The Bertz CT molecular complexity index is 337. The Balaban J connectivity index is 3.27. The van der Waals surface area contributed by atoms with Gasteiger partial charge in [-0.15, -0.1) is 0 Å². The summed E-state index contributed by atoms with van der Waals surface area (Å²) in [6.07, 6.45) is 2.96. The van der Waals surface area contributed by atoms with E-state index in [0.29, 0.717) is 11.8 Å². The number of esters is 1. The van der Waals surface area contributed by atoms with Crippen molar-refractivity contribution in [3.63, 3.8) is 0 Å². The third-order valence-corrected chi connectivity index (χ3v) is 4.45. The van der Waals surface area contributed by atoms with E-state index in [1.54, 1.807) is 0 Å². The zero-order valence-corrected chi connectivity index (χ0v) is 12.8. The average Bonchev–Trinajstić information content (AvgIpc) is 2.19. The molecule has 3 unspecified atom stereocenters. The Morgan fingerprint density at radius 1 is 1.44 bits per heavy atom. The molecule has 0 aromatic heterocycles. The standard InChI is InChI=1S/C16H28O2/c1-8-14-10-11(2)9-12(3)16(14,15(5,6)7)18-13(4)17/h12,14H,2,8-10H2,1,3-7H3. The van der Waals surface area contributed by atoms with Crippen molar-refractivity contribution < 1.29 is 9.53 Å². The van der Waals surface area contributed by atoms with Crippen LogP contribution in [0.4, 0.5) is 0 Å². The van der Waals surface area contributed by atoms with Crippen LogP contribution in [0.3, 0.4) is 0 Å². The second-order valence-electron chi connectivity index (χ2n) is 6.80. The first-order valence-electron chi connectivity index (χ1n) is 7.01. The van der Waals surface area contributed by atoms with Gasteiger partial charge in [0.05, 0.1) is 0 Å². The molecule has 0 amide bonds. The van der Waals surface area contributed by atoms with E-state index in [0.717, 1.165) is 19.3 Å². The summed E-state index contributed by atoms with van der Waals surface area (Å²) in [5.41, 5.74) is 0.871. The van der Waals surface area contributed by atoms with Crippen LogP contribution in [0, 0.1) is 17.3 Å². The number of ether oxygens (including phenoxy) is 1. The maximum atomic E-state index is 11.6. The molecule has 2 nitrogen and oxygen atoms in total. The van der Waals surface area contributed by atoms with Crippen molar-refractivity contribution in [2.24, 2.45) is 17.3 Å². The molecular weight excluding hydrogens is 224 g/mol. The molecule has 1 rings (SSSR count). The lowest BCUT2D eigenvalue weighted by Gasteiger charge is -2.55. The minimum atomic E-state index is -0.366. The molecule has 0 N–H and O–H groups in total. The van der Waals surface area contributed by atoms with Crippen molar-refractivity contribution in [1.82, 2.24) is 0 Å². The van der Waals surface area contributed by atoms with Crippen LogP contribution in [-0.2, 0) is 9.53 Å². The Hall–Kier alpha value is -0.790. The third-order valence-electron chi connectivity index (χ3n) is 4.45. The van der Waals surface area contributed by atoms with Gasteiger partial charge in [0.2, 0.25) is 0 Å². The van der Waals surface area contributed by atoms with Gasteiger partial charge in [0.25, 0.3) is 0 Å². The van der Waals surface area contributed by atoms with E-state index in [1.165, 1.54) is 12.5 Å². The summed E-state index contributed by atoms with van der Waals surface area (Å²) in [5.74, 6) is 0.535. The first-order valence-corrected chi connectivity index (χ1v) is 7.01. The first-order chi connectivity index (χ1) is 8.15. The van der Waals surface area contributed by atoms with Crippen molar-refractivity contribution in [2.45, 2.75) is 66.4 Å². The number of rotatable bonds is 2. The molecule has 3 atom stereocenters. The highest BCUT2D eigenvalue weighted by Gasteiger charge is 2.55. The molecular formula is C16H28O2. The summed E-state index contributed by atoms with van der Waals surface area (Å²) < 4.78 is 5.93. The lowest BCUT2D eigenvalue weighted by molar-refractivity contribution is -0.202. The van der Waals surface area contributed by atoms with E-state index < -0.39 is 0 Å². The number of hydrogen-bond acceptors (Lipinski definition) is 2. The van der Waals surface area contributed by atoms with Crippen molar-refractivity contribution in [2.75, 3.05) is 0 Å². The van der Waals surface area contributed by atoms with Crippen LogP contribution < -0.4 is 0 Å². The topological polar surface area (TPSA) is 26.3 Å². The minimum absolute atomic E-state index is 0.0561. The Morgan fingerprint density at radius 2 is 2.00 bits per heavy atom. The van der Waals surface area contributed by atoms with Crippen molar-refractivity contribution in [1.29, 1.82) is 0 Å². The fourth-order valence-corrected chi connectivity index (χ4v) is 3.94. The van der Waals surface area contributed by atoms with Gasteiger partial charge >= 0.3 is 5.97 Å². The summed E-state index contributed by atoms with van der Waals surface area (Å²) in [4.78, 5) is 11.6. The van der Waals surface area contributed by atoms with E-state index in [1.807, 2.05) is 0 Å². The lowest BCUT2D eigenvalue weighted by Crippen LogP contribution is -2.58. The molecule has 0 aromatic rings. The predicted molar refractivity (Wildman–Crippen MR) is 75.3 cm³/mol. The van der Waals surface area contributed by atoms with Crippen molar-refractivity contribution >= 4 is 5.97 Å². The second kappa shape index (κ2) is 5.07. The molecule has 1 saturated carbocycles. The minimum Gasteiger partial charge on any atom is -0.458 e. The maximum Gasteiger partial charge on any atom is 0.303 e. The quantitative estimate of drug-likeness (QED) is 0.539. The van der Waals surface area contributed by atoms with Crippen molar-refractivity contribution in [3.8, 4) is 0 Å². The maximum absolute atomic E-state index is 11.6. The molecule has 18 heavy (non-hydrogen) atoms. The van der Waals surface area contributed by atoms with Crippen LogP contribution in [0.5, 0.6) is 0 Å². The van der Waals surface area contributed by atoms with Gasteiger partial charge in [-0.25, -0.2) is 0 Å². The van der Waals surface area contributed by atoms with Gasteiger partial charge in [-0.1, -0.05) is 46.8 Å². The highest BCUT2D eigenvalue weighted by molar-refractivity contribution is 5.67. The number of carbonyl (C=O) groups excluding carboxylic acids is 1. The summed E-state index contributed by atoms with van der Waals surface area (Å²) in [7, 11) is 0. The summed E-state index contributed by atoms with van der Waals surface area (Å²) in [6.45, 7) is 16.6. The van der Waals surface area contributed by atoms with E-state index in [2.05, 4.69) is 41.2 Å². The van der Waals surface area contributed by atoms with E-state index in [4.69, 9.17) is 4.74 Å². The van der Waals surface area contributed by atoms with Gasteiger partial charge in [-0.2, -0.15) is 0 Å². The number of allylic oxidation sites excluding steroid dienone is 1. The number of carbonyl (C=O) groups is 1. The zero-order valence-electron chi connectivity index (χ0n) is 12.8. The molecule has 104 valence electrons. The van der Waals surface area contributed by atoms with Crippen LogP contribution in [0.25, 0.3) is 0 Å². The van der Waals surface area contributed by atoms with Crippen LogP contribution >= 0.6 is 0 Å². The smallest absolute Gasteiger partial charge is 0.303 e. The predicted octanol–water partition coefficient (Wildman–Crippen LogP) is 4.35. The van der Waals surface area contributed by atoms with Crippen LogP contribution in [0.1, 0.15) is 60.8 Å². The Kier molecular flexibility index (Phi) is 4.30. The molecule has 0 bridgehead atoms. The van der Waals surface area contributed by atoms with Crippen LogP contribution in [0.2, 0.25) is 0 Å². The molecule has 1 aliphatic carbocycles. The summed E-state index contributed by atoms with van der Waals surface area (Å²) in [5, 5.41) is 0. The molecule has 0 aromatic carbocycles. The molecule has 0 aliphatic heterocycles. The molecule has 0 radical (unpaired) electrons. The van der Waals surface area contributed by atoms with Crippen LogP contribution in [-0.4, -0.2) is 11.6 Å². The normalized spacial score (nSPS) is 33.3. The molecule has 1 fully saturated rings. The second-order valence-corrected chi connectivity index (χ2v) is 6.80. The van der Waals surface area contributed by atoms with Crippen molar-refractivity contribution in [3.05, 3.63) is 12.2 Å². The molecule has 0 heterocycles. The van der Waals surface area contributed by atoms with Crippen LogP contribution in [0.15, 0.2) is 12.2 Å². The average molecular weight is 252 g/mol. The third kappa shape index (κ3) is 2.48. The fraction of sp³-hybridized carbons (Fsp3) is 0.812. The fourth-order valence-electron chi connectivity index (χ4n) is 3.94. The van der Waals surface area contributed by atoms with Gasteiger partial charge in [0.15, 0.2) is 0 Å². The van der Waals surface area contributed by atoms with Gasteiger partial charge in [-0.05, 0) is 19.3 Å². The molecule has 0 spiro atoms. The zero-order chi connectivity index (χ0) is 14.1. The van der Waals surface area contributed by atoms with E-state index >= 15 is 0 Å². The highest BCUT2D eigenvalue weighted by atomic mass is 16.6. The number of hydrogen-bond donors (Lipinski definition) is 0. The van der Waals surface area contributed by atoms with Gasteiger partial charge < -0.3 is 4.74 Å². The van der Waals surface area contributed by atoms with Gasteiger partial charge in [0.1, 0.15) is 5.60 Å². The highest BCUT2D eigenvalue weighted by Crippen LogP contribution is 2.53. The van der Waals surface area contributed by atoms with E-state index in [9.17, 15) is 4.79 Å².